The van der Waals surface area contributed by atoms with E-state index in [-0.39, 0.29) is 44.9 Å². The number of pyridine rings is 2. The minimum Gasteiger partial charge on any atom is -0.487 e. The van der Waals surface area contributed by atoms with E-state index in [2.05, 4.69) is 32.0 Å². The maximum absolute atomic E-state index is 12.7. The van der Waals surface area contributed by atoms with Crippen molar-refractivity contribution in [3.63, 3.8) is 0 Å². The fraction of sp³-hybridized carbons (Fsp3) is 0.545. The molecule has 0 radical (unpaired) electrons. The average Bonchev–Trinajstić information content (AvgIpc) is 3.47. The summed E-state index contributed by atoms with van der Waals surface area (Å²) in [6.45, 7) is 10.1. The number of esters is 1. The van der Waals surface area contributed by atoms with Gasteiger partial charge in [-0.2, -0.15) is 5.26 Å². The van der Waals surface area contributed by atoms with Crippen LogP contribution in [-0.4, -0.2) is 101 Å². The summed E-state index contributed by atoms with van der Waals surface area (Å²) in [5.74, 6) is 0.209. The number of carbonyl (C=O) groups excluding carboxylic acids is 3. The van der Waals surface area contributed by atoms with E-state index in [1.54, 1.807) is 63.7 Å². The van der Waals surface area contributed by atoms with Crippen LogP contribution in [0.3, 0.4) is 0 Å². The number of imidazole rings is 1. The Bertz CT molecular complexity index is 1610. The van der Waals surface area contributed by atoms with Gasteiger partial charge in [0.25, 0.3) is 0 Å². The van der Waals surface area contributed by atoms with Crippen LogP contribution in [0.2, 0.25) is 0 Å². The molecule has 49 heavy (non-hydrogen) atoms. The van der Waals surface area contributed by atoms with Gasteiger partial charge in [-0.25, -0.2) is 24.5 Å². The third kappa shape index (κ3) is 11.3. The maximum atomic E-state index is 12.7. The molecule has 4 heterocycles. The van der Waals surface area contributed by atoms with Crippen molar-refractivity contribution < 1.29 is 38.1 Å². The van der Waals surface area contributed by atoms with Crippen LogP contribution in [-0.2, 0) is 28.5 Å². The third-order valence-corrected chi connectivity index (χ3v) is 7.16. The zero-order valence-electron chi connectivity index (χ0n) is 28.5. The molecular formula is C33H44N8O8. The molecule has 0 saturated carbocycles. The Morgan fingerprint density at radius 1 is 1.10 bits per heavy atom. The van der Waals surface area contributed by atoms with Crippen molar-refractivity contribution in [2.24, 2.45) is 5.92 Å². The smallest absolute Gasteiger partial charge is 0.408 e. The van der Waals surface area contributed by atoms with Crippen LogP contribution in [0.5, 0.6) is 5.75 Å². The molecule has 16 nitrogen and oxygen atoms in total. The molecule has 3 aromatic heterocycles. The van der Waals surface area contributed by atoms with E-state index in [1.165, 1.54) is 6.20 Å². The standard InChI is InChI=1S/C33H44N8O8/c1-21(2)28(39-27(42)19-36-32(44)49-33(3,4)5)31(43)48-15-13-46-12-14-47-25-16-24-30(40-29(25)38-23-8-10-45-11-9-23)41(20-37-24)26-7-6-22(17-34)18-35-26/h6-7,16,18,20-21,23,28H,8-15,19H2,1-5H3,(H,36,44)(H,38,40)(H,39,42)/t28-/m0/s1. The number of nitriles is 1. The van der Waals surface area contributed by atoms with Crippen LogP contribution >= 0.6 is 0 Å². The van der Waals surface area contributed by atoms with E-state index in [0.717, 1.165) is 12.8 Å². The first-order valence-corrected chi connectivity index (χ1v) is 16.2. The summed E-state index contributed by atoms with van der Waals surface area (Å²) in [5, 5.41) is 17.6. The van der Waals surface area contributed by atoms with Crippen LogP contribution in [0.4, 0.5) is 10.6 Å². The molecule has 16 heteroatoms. The van der Waals surface area contributed by atoms with Crippen molar-refractivity contribution >= 4 is 35.0 Å². The van der Waals surface area contributed by atoms with Gasteiger partial charge in [-0.15, -0.1) is 0 Å². The van der Waals surface area contributed by atoms with E-state index < -0.39 is 29.6 Å². The Labute approximate surface area is 284 Å². The molecule has 1 saturated heterocycles. The van der Waals surface area contributed by atoms with Crippen LogP contribution in [0.25, 0.3) is 17.0 Å². The summed E-state index contributed by atoms with van der Waals surface area (Å²) >= 11 is 0. The number of hydrogen-bond donors (Lipinski definition) is 3. The zero-order chi connectivity index (χ0) is 35.4. The first-order valence-electron chi connectivity index (χ1n) is 16.2. The van der Waals surface area contributed by atoms with Crippen LogP contribution in [0.1, 0.15) is 53.0 Å². The molecule has 2 amide bonds. The van der Waals surface area contributed by atoms with Gasteiger partial charge in [-0.05, 0) is 51.7 Å². The van der Waals surface area contributed by atoms with E-state index in [4.69, 9.17) is 33.9 Å². The Hall–Kier alpha value is -5.01. The van der Waals surface area contributed by atoms with Crippen molar-refractivity contribution in [2.75, 3.05) is 51.5 Å². The highest BCUT2D eigenvalue weighted by Gasteiger charge is 2.26. The first kappa shape index (κ1) is 36.8. The fourth-order valence-corrected chi connectivity index (χ4v) is 4.73. The summed E-state index contributed by atoms with van der Waals surface area (Å²) in [6, 6.07) is 6.53. The highest BCUT2D eigenvalue weighted by molar-refractivity contribution is 5.87. The van der Waals surface area contributed by atoms with Gasteiger partial charge in [0.15, 0.2) is 17.2 Å². The molecule has 4 rings (SSSR count). The van der Waals surface area contributed by atoms with Gasteiger partial charge in [0.1, 0.15) is 55.1 Å². The second kappa shape index (κ2) is 17.4. The number of carbonyl (C=O) groups is 3. The molecule has 1 atom stereocenters. The molecule has 0 unspecified atom stereocenters. The van der Waals surface area contributed by atoms with Crippen LogP contribution < -0.4 is 20.7 Å². The minimum absolute atomic E-state index is 0.0288. The lowest BCUT2D eigenvalue weighted by atomic mass is 10.0. The number of anilines is 1. The highest BCUT2D eigenvalue weighted by Crippen LogP contribution is 2.29. The second-order valence-electron chi connectivity index (χ2n) is 12.6. The molecule has 264 valence electrons. The number of aromatic nitrogens is 4. The predicted molar refractivity (Wildman–Crippen MR) is 177 cm³/mol. The summed E-state index contributed by atoms with van der Waals surface area (Å²) in [6.07, 6.45) is 4.03. The number of alkyl carbamates (subject to hydrolysis) is 1. The summed E-state index contributed by atoms with van der Waals surface area (Å²) in [4.78, 5) is 50.5. The van der Waals surface area contributed by atoms with Crippen molar-refractivity contribution in [1.82, 2.24) is 30.2 Å². The quantitative estimate of drug-likeness (QED) is 0.156. The van der Waals surface area contributed by atoms with Crippen molar-refractivity contribution in [2.45, 2.75) is 65.1 Å². The lowest BCUT2D eigenvalue weighted by Gasteiger charge is -2.24. The van der Waals surface area contributed by atoms with Crippen LogP contribution in [0, 0.1) is 17.2 Å². The van der Waals surface area contributed by atoms with Crippen molar-refractivity contribution in [3.05, 3.63) is 36.3 Å². The molecule has 0 spiro atoms. The molecule has 1 aliphatic rings. The Morgan fingerprint density at radius 3 is 2.53 bits per heavy atom. The topological polar surface area (TPSA) is 201 Å². The van der Waals surface area contributed by atoms with Gasteiger partial charge in [-0.3, -0.25) is 9.36 Å². The van der Waals surface area contributed by atoms with Crippen LogP contribution in [0.15, 0.2) is 30.7 Å². The number of nitrogens with zero attached hydrogens (tertiary/aromatic N) is 5. The number of hydrogen-bond acceptors (Lipinski definition) is 13. The van der Waals surface area contributed by atoms with E-state index in [1.807, 2.05) is 0 Å². The number of rotatable bonds is 15. The lowest BCUT2D eigenvalue weighted by molar-refractivity contribution is -0.150. The monoisotopic (exact) mass is 680 g/mol. The summed E-state index contributed by atoms with van der Waals surface area (Å²) < 4.78 is 29.4. The van der Waals surface area contributed by atoms with E-state index in [0.29, 0.717) is 47.3 Å². The Morgan fingerprint density at radius 2 is 1.86 bits per heavy atom. The summed E-state index contributed by atoms with van der Waals surface area (Å²) in [5.41, 5.74) is 0.924. The highest BCUT2D eigenvalue weighted by atomic mass is 16.6. The van der Waals surface area contributed by atoms with Gasteiger partial charge in [0, 0.05) is 31.5 Å². The summed E-state index contributed by atoms with van der Waals surface area (Å²) in [7, 11) is 0. The molecule has 0 aromatic carbocycles. The van der Waals surface area contributed by atoms with Gasteiger partial charge >= 0.3 is 12.1 Å². The third-order valence-electron chi connectivity index (χ3n) is 7.16. The van der Waals surface area contributed by atoms with Gasteiger partial charge in [-0.1, -0.05) is 13.8 Å². The molecular weight excluding hydrogens is 636 g/mol. The lowest BCUT2D eigenvalue weighted by Crippen LogP contribution is -2.49. The van der Waals surface area contributed by atoms with E-state index in [9.17, 15) is 14.4 Å². The predicted octanol–water partition coefficient (Wildman–Crippen LogP) is 2.88. The maximum Gasteiger partial charge on any atom is 0.408 e. The minimum atomic E-state index is -0.906. The number of nitrogens with one attached hydrogen (secondary N) is 3. The molecule has 3 aromatic rings. The second-order valence-corrected chi connectivity index (χ2v) is 12.6. The largest absolute Gasteiger partial charge is 0.487 e. The van der Waals surface area contributed by atoms with E-state index >= 15 is 0 Å². The number of amides is 2. The Kier molecular flexibility index (Phi) is 13.1. The molecule has 1 fully saturated rings. The van der Waals surface area contributed by atoms with Gasteiger partial charge in [0.05, 0.1) is 18.8 Å². The molecule has 3 N–H and O–H groups in total. The average molecular weight is 681 g/mol. The van der Waals surface area contributed by atoms with Crippen molar-refractivity contribution in [1.29, 1.82) is 5.26 Å². The fourth-order valence-electron chi connectivity index (χ4n) is 4.73. The number of ether oxygens (including phenoxy) is 5. The van der Waals surface area contributed by atoms with Gasteiger partial charge in [0.2, 0.25) is 5.91 Å². The molecule has 1 aliphatic heterocycles. The first-order chi connectivity index (χ1) is 23.4. The SMILES string of the molecule is CC(C)[C@H](NC(=O)CNC(=O)OC(C)(C)C)C(=O)OCCOCCOc1cc2ncn(-c3ccc(C#N)cn3)c2nc1NC1CCOCC1. The normalized spacial score (nSPS) is 14.1. The van der Waals surface area contributed by atoms with Gasteiger partial charge < -0.3 is 39.6 Å². The number of fused-ring (bicyclic) bond motifs is 1. The Balaban J connectivity index is 1.27. The zero-order valence-corrected chi connectivity index (χ0v) is 28.5. The van der Waals surface area contributed by atoms with Crippen molar-refractivity contribution in [3.8, 4) is 17.6 Å². The molecule has 0 aliphatic carbocycles. The molecule has 0 bridgehead atoms.